The van der Waals surface area contributed by atoms with Gasteiger partial charge in [0.25, 0.3) is 0 Å². The van der Waals surface area contributed by atoms with Crippen LogP contribution in [0.25, 0.3) is 194 Å². The molecule has 13 nitrogen and oxygen atoms in total. The zero-order chi connectivity index (χ0) is 107. The summed E-state index contributed by atoms with van der Waals surface area (Å²) >= 11 is 0. The summed E-state index contributed by atoms with van der Waals surface area (Å²) in [4.78, 5) is 34.9. The number of aromatic nitrogens is 11. The Labute approximate surface area is 885 Å². The molecule has 0 amide bonds. The molecule has 2 radical (unpaired) electrons. The van der Waals surface area contributed by atoms with E-state index in [2.05, 4.69) is 256 Å². The molecule has 0 aliphatic carbocycles. The van der Waals surface area contributed by atoms with Crippen molar-refractivity contribution in [2.24, 2.45) is 0 Å². The van der Waals surface area contributed by atoms with Gasteiger partial charge in [0.05, 0.1) is 50.1 Å². The Morgan fingerprint density at radius 1 is 0.394 bits per heavy atom. The van der Waals surface area contributed by atoms with Gasteiger partial charge in [0.2, 0.25) is 17.2 Å². The van der Waals surface area contributed by atoms with Crippen molar-refractivity contribution < 1.29 is 92.8 Å². The molecule has 0 saturated heterocycles. The molecular formula is C126H97Ir2LiN11O2-3. The summed E-state index contributed by atoms with van der Waals surface area (Å²) in [6, 6.07) is 141. The molecule has 0 bridgehead atoms. The van der Waals surface area contributed by atoms with Crippen LogP contribution in [0, 0.1) is 44.8 Å². The first-order chi connectivity index (χ1) is 73.6. The van der Waals surface area contributed by atoms with Crippen molar-refractivity contribution >= 4 is 98.4 Å². The van der Waals surface area contributed by atoms with Gasteiger partial charge >= 0.3 is 18.9 Å². The van der Waals surface area contributed by atoms with Crippen molar-refractivity contribution in [3.8, 4) is 102 Å². The van der Waals surface area contributed by atoms with Gasteiger partial charge in [-0.25, -0.2) is 19.9 Å². The Morgan fingerprint density at radius 3 is 1.51 bits per heavy atom. The first-order valence-corrected chi connectivity index (χ1v) is 45.4. The van der Waals surface area contributed by atoms with E-state index in [0.717, 1.165) is 111 Å². The van der Waals surface area contributed by atoms with Crippen LogP contribution < -0.4 is 29.0 Å². The molecule has 0 aliphatic heterocycles. The van der Waals surface area contributed by atoms with E-state index in [9.17, 15) is 5.11 Å². The second-order valence-electron chi connectivity index (χ2n) is 33.1. The quantitative estimate of drug-likeness (QED) is 0.0810. The number of aromatic amines is 1. The van der Waals surface area contributed by atoms with Crippen molar-refractivity contribution in [3.63, 3.8) is 0 Å². The van der Waals surface area contributed by atoms with Gasteiger partial charge in [-0.1, -0.05) is 263 Å². The molecule has 0 fully saturated rings. The van der Waals surface area contributed by atoms with E-state index in [0.29, 0.717) is 56.5 Å². The summed E-state index contributed by atoms with van der Waals surface area (Å²) < 4.78 is 119. The molecule has 0 atom stereocenters. The van der Waals surface area contributed by atoms with Gasteiger partial charge in [0.15, 0.2) is 6.20 Å². The summed E-state index contributed by atoms with van der Waals surface area (Å²) in [7, 11) is 0. The molecule has 11 heterocycles. The van der Waals surface area contributed by atoms with Crippen molar-refractivity contribution in [2.45, 2.75) is 66.9 Å². The van der Waals surface area contributed by atoms with Crippen molar-refractivity contribution in [2.75, 3.05) is 0 Å². The number of hydrogen-bond donors (Lipinski definition) is 0. The number of aryl methyl sites for hydroxylation is 5. The van der Waals surface area contributed by atoms with Gasteiger partial charge in [-0.2, -0.15) is 0 Å². The Morgan fingerprint density at radius 2 is 0.937 bits per heavy atom. The van der Waals surface area contributed by atoms with Gasteiger partial charge in [-0.15, -0.1) is 125 Å². The predicted octanol–water partition coefficient (Wildman–Crippen LogP) is 27.2. The molecule has 0 unspecified atom stereocenters. The van der Waals surface area contributed by atoms with E-state index >= 15 is 0 Å². The third kappa shape index (κ3) is 20.9. The average Bonchev–Trinajstić information content (AvgIpc) is 1.54. The maximum Gasteiger partial charge on any atom is 1.00 e. The number of pyridine rings is 6. The molecule has 0 aliphatic rings. The minimum atomic E-state index is -2.18. The minimum Gasteiger partial charge on any atom is -0.868 e. The number of para-hydroxylation sites is 5. The molecular weight excluding hydrogens is 2090 g/mol. The normalized spacial score (nSPS) is 12.9. The fraction of sp³-hybridized carbons (Fsp3) is 0.0794. The van der Waals surface area contributed by atoms with Crippen LogP contribution in [0.1, 0.15) is 86.3 Å². The number of fused-ring (bicyclic) bond motifs is 14. The molecule has 25 rings (SSSR count). The summed E-state index contributed by atoms with van der Waals surface area (Å²) in [5.41, 5.74) is 24.7. The fourth-order valence-corrected chi connectivity index (χ4v) is 17.4. The monoisotopic (exact) mass is 2200 g/mol. The number of nitrogens with one attached hydrogen (secondary N) is 1. The molecule has 11 aromatic heterocycles. The summed E-state index contributed by atoms with van der Waals surface area (Å²) in [6.07, 6.45) is 4.90. The first-order valence-electron chi connectivity index (χ1n) is 52.4. The van der Waals surface area contributed by atoms with E-state index in [1.807, 2.05) is 153 Å². The molecule has 0 saturated carbocycles. The largest absolute Gasteiger partial charge is 1.00 e. The fourth-order valence-electron chi connectivity index (χ4n) is 17.4. The molecule has 14 aromatic carbocycles. The zero-order valence-electron chi connectivity index (χ0n) is 91.9. The van der Waals surface area contributed by atoms with Crippen molar-refractivity contribution in [1.82, 2.24) is 48.6 Å². The van der Waals surface area contributed by atoms with Gasteiger partial charge in [0, 0.05) is 167 Å². The van der Waals surface area contributed by atoms with Crippen LogP contribution in [-0.2, 0) is 53.0 Å². The van der Waals surface area contributed by atoms with Crippen LogP contribution in [-0.4, -0.2) is 48.6 Å². The smallest absolute Gasteiger partial charge is 0.868 e. The van der Waals surface area contributed by atoms with Crippen LogP contribution in [0.5, 0.6) is 5.75 Å². The zero-order valence-corrected chi connectivity index (χ0v) is 82.7. The van der Waals surface area contributed by atoms with E-state index < -0.39 is 39.2 Å². The summed E-state index contributed by atoms with van der Waals surface area (Å²) in [5.74, 6) is -0.0471. The predicted molar refractivity (Wildman–Crippen MR) is 567 cm³/mol. The third-order valence-electron chi connectivity index (χ3n) is 24.1. The Bertz CT molecular complexity index is 9190. The molecule has 690 valence electrons. The Hall–Kier alpha value is -15.8. The molecule has 142 heavy (non-hydrogen) atoms. The van der Waals surface area contributed by atoms with Gasteiger partial charge in [-0.3, -0.25) is 4.57 Å². The number of hydrogen-bond acceptors (Lipinski definition) is 9. The van der Waals surface area contributed by atoms with Crippen LogP contribution in [0.3, 0.4) is 0 Å². The standard InChI is InChI=1S/C52H33N5.C21H19N2O.C19H16N.C13H12N.C12H10N.C9H7NO.2Ir.Li/c1-4-16-34(17-5-1)42-33-43(35-18-6-2-7-19-35)54-52(53-42)57-44-25-13-10-22-38(44)41-32-37(28-29-47(41)57)56-46-27-15-12-24-40(46)51-49(56)31-30-48-50(51)39-23-11-14-26-45(39)55(48)36-20-8-3-9-21-36;1-4-15-8-9-17-16-6-5-7-18(20(16)24-21(17)23-15)19-12-14(13(2)3)10-11-22-19;1-2-15-13-19(17-11-7-4-8-12-17)20-14-18(15)16-9-5-3-6-10-16;1-10-3-6-12(7-4-10)13-8-5-11(2)9-14-13;1-10-7-8-12(13-9-10)11-5-3-2-4-6-11;11-8-5-1-3-7-4-2-6-10-9(7)8;;;/h1-33H;5-6,8-13H,4H2,1-3H3;3-11,13-14H,2H2,1H3;3-6,8-9H,1-2H3;2-5,7-9H,1H3;1-6,11H;;;/q;4*-1;;;;+1/i;4D2,13D;2D2;1D3,2D3;1D3;;;;. The minimum absolute atomic E-state index is 0. The van der Waals surface area contributed by atoms with Crippen molar-refractivity contribution in [3.05, 3.63) is 483 Å². The molecule has 16 heteroatoms. The van der Waals surface area contributed by atoms with Crippen LogP contribution in [0.2, 0.25) is 0 Å². The van der Waals surface area contributed by atoms with Gasteiger partial charge in [-0.05, 0) is 180 Å². The van der Waals surface area contributed by atoms with Gasteiger partial charge in [0.1, 0.15) is 0 Å². The number of benzene rings is 14. The Balaban J connectivity index is 0.000000139. The first kappa shape index (κ1) is 81.1. The SMILES string of the molecule is [2H]C([2H])(C)c1cc(-c2[c-]cccc2)ncc1-c1ccccc1.[2H]C([2H])(C)c1ccc2c(n1)oc1c(-c3cc(C([2H])(C)C)ccn3)[c-]ccc12.[2H]C([2H])([2H])c1c[c-]c(-c2ccc(C([2H])([2H])[2H])cn2)cc1.[2H]C([2H])([2H])c1ccc(-c2[c-]cccc2)nc1.[Ir].[Ir].[Li+].[O-]c1cccc2ccc[nH+]c12.c1ccc(-c2cc(-c3ccccc3)nc(-n3c4ccccc4c4cc(-n5c6ccccc6c6c7c8ccccc8n(-c8ccccc8)c7ccc65)ccc43)n2)cc1. The van der Waals surface area contributed by atoms with Crippen LogP contribution >= 0.6 is 0 Å². The molecule has 0 spiro atoms. The van der Waals surface area contributed by atoms with E-state index in [-0.39, 0.29) is 81.5 Å². The number of rotatable bonds is 13. The number of nitrogens with zero attached hydrogens (tertiary/aromatic N) is 10. The summed E-state index contributed by atoms with van der Waals surface area (Å²) in [6.45, 7) is 0.289. The van der Waals surface area contributed by atoms with E-state index in [4.69, 9.17) is 33.6 Å². The number of furan rings is 1. The van der Waals surface area contributed by atoms with Gasteiger partial charge < -0.3 is 38.6 Å². The second kappa shape index (κ2) is 45.0. The molecule has 25 aromatic rings. The maximum absolute atomic E-state index is 11.1. The van der Waals surface area contributed by atoms with Crippen LogP contribution in [0.15, 0.2) is 430 Å². The summed E-state index contributed by atoms with van der Waals surface area (Å²) in [5, 5.41) is 21.1. The molecule has 1 N–H and O–H groups in total. The van der Waals surface area contributed by atoms with E-state index in [1.54, 1.807) is 74.0 Å². The van der Waals surface area contributed by atoms with E-state index in [1.165, 1.54) is 81.1 Å². The van der Waals surface area contributed by atoms with Crippen LogP contribution in [0.4, 0.5) is 0 Å². The third-order valence-corrected chi connectivity index (χ3v) is 24.1. The number of H-pyrrole nitrogens is 1. The second-order valence-corrected chi connectivity index (χ2v) is 33.1. The van der Waals surface area contributed by atoms with Crippen molar-refractivity contribution in [1.29, 1.82) is 0 Å². The topological polar surface area (TPSA) is 155 Å². The maximum atomic E-state index is 11.1. The Kier molecular flexibility index (Phi) is 25.7. The average molecular weight is 2200 g/mol.